The Bertz CT molecular complexity index is 830. The predicted octanol–water partition coefficient (Wildman–Crippen LogP) is 3.95. The molecule has 3 rings (SSSR count). The summed E-state index contributed by atoms with van der Waals surface area (Å²) in [6, 6.07) is 13.4. The highest BCUT2D eigenvalue weighted by atomic mass is 127. The van der Waals surface area contributed by atoms with Gasteiger partial charge in [0, 0.05) is 33.2 Å². The molecular formula is C22H30FIN4O. The molecule has 0 spiro atoms. The molecule has 2 aromatic rings. The van der Waals surface area contributed by atoms with Crippen molar-refractivity contribution in [1.29, 1.82) is 0 Å². The molecule has 5 nitrogen and oxygen atoms in total. The van der Waals surface area contributed by atoms with Gasteiger partial charge in [-0.1, -0.05) is 24.3 Å². The Hall–Kier alpha value is -2.03. The van der Waals surface area contributed by atoms with Crippen LogP contribution in [0.3, 0.4) is 0 Å². The summed E-state index contributed by atoms with van der Waals surface area (Å²) in [5.41, 5.74) is 2.71. The fourth-order valence-corrected chi connectivity index (χ4v) is 3.50. The number of hydrogen-bond acceptors (Lipinski definition) is 3. The summed E-state index contributed by atoms with van der Waals surface area (Å²) < 4.78 is 19.2. The maximum atomic E-state index is 13.7. The van der Waals surface area contributed by atoms with Crippen molar-refractivity contribution in [2.75, 3.05) is 38.7 Å². The van der Waals surface area contributed by atoms with E-state index in [1.54, 1.807) is 33.2 Å². The van der Waals surface area contributed by atoms with Gasteiger partial charge in [0.15, 0.2) is 5.96 Å². The van der Waals surface area contributed by atoms with Gasteiger partial charge in [-0.3, -0.25) is 4.99 Å². The third-order valence-electron chi connectivity index (χ3n) is 5.19. The number of aryl methyl sites for hydroxylation is 1. The van der Waals surface area contributed by atoms with E-state index in [0.717, 1.165) is 49.0 Å². The van der Waals surface area contributed by atoms with Gasteiger partial charge in [0.1, 0.15) is 11.6 Å². The van der Waals surface area contributed by atoms with Crippen LogP contribution in [0.2, 0.25) is 0 Å². The first-order valence-corrected chi connectivity index (χ1v) is 9.68. The fourth-order valence-electron chi connectivity index (χ4n) is 3.50. The normalized spacial score (nSPS) is 16.3. The molecular weight excluding hydrogens is 482 g/mol. The van der Waals surface area contributed by atoms with Crippen LogP contribution in [0, 0.1) is 18.7 Å². The van der Waals surface area contributed by atoms with Gasteiger partial charge in [-0.05, 0) is 48.6 Å². The van der Waals surface area contributed by atoms with E-state index in [-0.39, 0.29) is 29.8 Å². The third-order valence-corrected chi connectivity index (χ3v) is 5.19. The van der Waals surface area contributed by atoms with Crippen molar-refractivity contribution in [3.63, 3.8) is 0 Å². The lowest BCUT2D eigenvalue weighted by Crippen LogP contribution is -2.40. The first kappa shape index (κ1) is 23.3. The lowest BCUT2D eigenvalue weighted by molar-refractivity contribution is 0.414. The highest BCUT2D eigenvalue weighted by Gasteiger charge is 2.24. The Labute approximate surface area is 189 Å². The number of para-hydroxylation sites is 2. The number of methoxy groups -OCH3 is 1. The third kappa shape index (κ3) is 6.22. The molecule has 2 aromatic carbocycles. The molecule has 1 saturated heterocycles. The zero-order valence-electron chi connectivity index (χ0n) is 17.2. The number of hydrogen-bond donors (Lipinski definition) is 2. The Morgan fingerprint density at radius 1 is 1.24 bits per heavy atom. The maximum absolute atomic E-state index is 13.7. The first-order valence-electron chi connectivity index (χ1n) is 9.68. The Morgan fingerprint density at radius 2 is 2.03 bits per heavy atom. The number of nitrogens with zero attached hydrogens (tertiary/aromatic N) is 2. The summed E-state index contributed by atoms with van der Waals surface area (Å²) in [5.74, 6) is 2.00. The maximum Gasteiger partial charge on any atom is 0.191 e. The minimum atomic E-state index is -0.176. The average Bonchev–Trinajstić information content (AvgIpc) is 3.19. The summed E-state index contributed by atoms with van der Waals surface area (Å²) in [6.07, 6.45) is 1.12. The van der Waals surface area contributed by atoms with Gasteiger partial charge in [-0.2, -0.15) is 0 Å². The van der Waals surface area contributed by atoms with E-state index < -0.39 is 0 Å². The van der Waals surface area contributed by atoms with Crippen molar-refractivity contribution >= 4 is 35.6 Å². The molecule has 1 atom stereocenters. The van der Waals surface area contributed by atoms with Crippen LogP contribution < -0.4 is 20.3 Å². The van der Waals surface area contributed by atoms with Gasteiger partial charge in [0.25, 0.3) is 0 Å². The molecule has 1 aliphatic heterocycles. The molecule has 158 valence electrons. The number of guanidine groups is 1. The summed E-state index contributed by atoms with van der Waals surface area (Å²) >= 11 is 0. The van der Waals surface area contributed by atoms with Crippen LogP contribution >= 0.6 is 24.0 Å². The lowest BCUT2D eigenvalue weighted by atomic mass is 10.1. The van der Waals surface area contributed by atoms with Crippen LogP contribution in [0.25, 0.3) is 0 Å². The first-order chi connectivity index (χ1) is 13.6. The molecule has 1 unspecified atom stereocenters. The van der Waals surface area contributed by atoms with Crippen LogP contribution in [0.15, 0.2) is 47.5 Å². The Balaban J connectivity index is 0.00000300. The van der Waals surface area contributed by atoms with E-state index >= 15 is 0 Å². The van der Waals surface area contributed by atoms with Gasteiger partial charge < -0.3 is 20.3 Å². The highest BCUT2D eigenvalue weighted by Crippen LogP contribution is 2.31. The van der Waals surface area contributed by atoms with Crippen molar-refractivity contribution in [1.82, 2.24) is 10.6 Å². The largest absolute Gasteiger partial charge is 0.495 e. The highest BCUT2D eigenvalue weighted by molar-refractivity contribution is 14.0. The van der Waals surface area contributed by atoms with Gasteiger partial charge >= 0.3 is 0 Å². The van der Waals surface area contributed by atoms with Crippen molar-refractivity contribution < 1.29 is 9.13 Å². The van der Waals surface area contributed by atoms with Gasteiger partial charge in [0.2, 0.25) is 0 Å². The van der Waals surface area contributed by atoms with Crippen LogP contribution in [-0.4, -0.2) is 39.8 Å². The second-order valence-corrected chi connectivity index (χ2v) is 7.16. The molecule has 0 amide bonds. The van der Waals surface area contributed by atoms with E-state index in [9.17, 15) is 4.39 Å². The summed E-state index contributed by atoms with van der Waals surface area (Å²) in [7, 11) is 3.46. The second kappa shape index (κ2) is 11.2. The van der Waals surface area contributed by atoms with E-state index in [4.69, 9.17) is 4.74 Å². The minimum Gasteiger partial charge on any atom is -0.495 e. The van der Waals surface area contributed by atoms with Gasteiger partial charge in [0.05, 0.1) is 12.8 Å². The van der Waals surface area contributed by atoms with Gasteiger partial charge in [-0.25, -0.2) is 4.39 Å². The lowest BCUT2D eigenvalue weighted by Gasteiger charge is -2.21. The van der Waals surface area contributed by atoms with Gasteiger partial charge in [-0.15, -0.1) is 24.0 Å². The van der Waals surface area contributed by atoms with Crippen LogP contribution in [-0.2, 0) is 6.54 Å². The predicted molar refractivity (Wildman–Crippen MR) is 128 cm³/mol. The van der Waals surface area contributed by atoms with E-state index in [1.165, 1.54) is 0 Å². The number of aliphatic imine (C=N–C) groups is 1. The van der Waals surface area contributed by atoms with Crippen molar-refractivity contribution in [2.45, 2.75) is 19.9 Å². The molecule has 1 fully saturated rings. The molecule has 0 aliphatic carbocycles. The smallest absolute Gasteiger partial charge is 0.191 e. The van der Waals surface area contributed by atoms with E-state index in [2.05, 4.69) is 26.6 Å². The molecule has 29 heavy (non-hydrogen) atoms. The van der Waals surface area contributed by atoms with Crippen molar-refractivity contribution in [3.8, 4) is 5.75 Å². The van der Waals surface area contributed by atoms with Crippen molar-refractivity contribution in [3.05, 3.63) is 59.4 Å². The van der Waals surface area contributed by atoms with Crippen molar-refractivity contribution in [2.24, 2.45) is 10.9 Å². The molecule has 1 heterocycles. The average molecular weight is 512 g/mol. The van der Waals surface area contributed by atoms with Crippen LogP contribution in [0.4, 0.5) is 10.1 Å². The number of benzene rings is 2. The molecule has 0 radical (unpaired) electrons. The number of anilines is 1. The second-order valence-electron chi connectivity index (χ2n) is 7.16. The van der Waals surface area contributed by atoms with Crippen LogP contribution in [0.5, 0.6) is 5.75 Å². The molecule has 7 heteroatoms. The van der Waals surface area contributed by atoms with E-state index in [1.807, 2.05) is 24.3 Å². The minimum absolute atomic E-state index is 0. The zero-order valence-corrected chi connectivity index (χ0v) is 19.6. The summed E-state index contributed by atoms with van der Waals surface area (Å²) in [6.45, 7) is 5.14. The molecule has 0 bridgehead atoms. The molecule has 1 aliphatic rings. The molecule has 0 aromatic heterocycles. The number of halogens is 2. The zero-order chi connectivity index (χ0) is 19.9. The molecule has 0 saturated carbocycles. The quantitative estimate of drug-likeness (QED) is 0.350. The summed E-state index contributed by atoms with van der Waals surface area (Å²) in [5, 5.41) is 6.65. The van der Waals surface area contributed by atoms with E-state index in [0.29, 0.717) is 18.0 Å². The summed E-state index contributed by atoms with van der Waals surface area (Å²) in [4.78, 5) is 6.65. The number of ether oxygens (including phenoxy) is 1. The molecule has 2 N–H and O–H groups in total. The number of nitrogens with one attached hydrogen (secondary N) is 2. The Morgan fingerprint density at radius 3 is 2.76 bits per heavy atom. The standard InChI is InChI=1S/C22H29FN4O.HI/c1-16-8-9-17(12-19(16)23)13-25-22(24-2)26-14-18-10-11-27(15-18)20-6-4-5-7-21(20)28-3;/h4-9,12,18H,10-11,13-15H2,1-3H3,(H2,24,25,26);1H. The monoisotopic (exact) mass is 512 g/mol. The number of rotatable bonds is 6. The SMILES string of the molecule is CN=C(NCc1ccc(C)c(F)c1)NCC1CCN(c2ccccc2OC)C1.I. The fraction of sp³-hybridized carbons (Fsp3) is 0.409. The van der Waals surface area contributed by atoms with Crippen LogP contribution in [0.1, 0.15) is 17.5 Å². The Kier molecular flexibility index (Phi) is 9.00. The topological polar surface area (TPSA) is 48.9 Å².